The Morgan fingerprint density at radius 1 is 0.853 bits per heavy atom. The molecule has 3 aromatic rings. The number of nitrogens with one attached hydrogen (secondary N) is 1. The van der Waals surface area contributed by atoms with Crippen molar-refractivity contribution >= 4 is 24.1 Å². The van der Waals surface area contributed by atoms with Gasteiger partial charge in [0.25, 0.3) is 0 Å². The topological polar surface area (TPSA) is 113 Å². The summed E-state index contributed by atoms with van der Waals surface area (Å²) in [6.45, 7) is 0.549. The van der Waals surface area contributed by atoms with Crippen molar-refractivity contribution in [3.05, 3.63) is 101 Å². The second kappa shape index (κ2) is 10.0. The first-order valence-corrected chi connectivity index (χ1v) is 10.8. The number of benzene rings is 3. The van der Waals surface area contributed by atoms with Crippen LogP contribution in [0.1, 0.15) is 49.7 Å². The summed E-state index contributed by atoms with van der Waals surface area (Å²) in [7, 11) is 0. The SMILES string of the molecule is O=C(NCCC=Cc1cc(C(=O)O)cc(C(=O)O)c1)OCC1c2ccccc2-c2ccccc21. The van der Waals surface area contributed by atoms with E-state index in [4.69, 9.17) is 14.9 Å². The van der Waals surface area contributed by atoms with Crippen molar-refractivity contribution in [1.82, 2.24) is 5.32 Å². The zero-order valence-corrected chi connectivity index (χ0v) is 18.2. The molecule has 0 aromatic heterocycles. The normalized spacial score (nSPS) is 12.2. The van der Waals surface area contributed by atoms with Crippen LogP contribution in [0, 0.1) is 0 Å². The largest absolute Gasteiger partial charge is 0.478 e. The van der Waals surface area contributed by atoms with Gasteiger partial charge in [-0.25, -0.2) is 14.4 Å². The number of carboxylic acids is 2. The van der Waals surface area contributed by atoms with E-state index in [1.807, 2.05) is 24.3 Å². The molecule has 0 atom stereocenters. The van der Waals surface area contributed by atoms with Gasteiger partial charge in [-0.15, -0.1) is 0 Å². The maximum atomic E-state index is 12.2. The lowest BCUT2D eigenvalue weighted by Crippen LogP contribution is -2.26. The number of carboxylic acid groups (broad SMARTS) is 2. The number of hydrogen-bond acceptors (Lipinski definition) is 4. The molecule has 0 radical (unpaired) electrons. The van der Waals surface area contributed by atoms with Crippen LogP contribution in [0.4, 0.5) is 4.79 Å². The number of fused-ring (bicyclic) bond motifs is 3. The number of alkyl carbamates (subject to hydrolysis) is 1. The van der Waals surface area contributed by atoms with Gasteiger partial charge in [-0.2, -0.15) is 0 Å². The van der Waals surface area contributed by atoms with E-state index in [1.165, 1.54) is 12.1 Å². The Kier molecular flexibility index (Phi) is 6.73. The maximum Gasteiger partial charge on any atom is 0.407 e. The highest BCUT2D eigenvalue weighted by Crippen LogP contribution is 2.44. The molecule has 3 aromatic carbocycles. The Balaban J connectivity index is 1.29. The molecule has 0 unspecified atom stereocenters. The Bertz CT molecular complexity index is 1200. The van der Waals surface area contributed by atoms with Crippen LogP contribution >= 0.6 is 0 Å². The molecule has 172 valence electrons. The highest BCUT2D eigenvalue weighted by atomic mass is 16.5. The van der Waals surface area contributed by atoms with Gasteiger partial charge in [-0.1, -0.05) is 60.7 Å². The zero-order valence-electron chi connectivity index (χ0n) is 18.2. The van der Waals surface area contributed by atoms with Crippen molar-refractivity contribution < 1.29 is 29.3 Å². The highest BCUT2D eigenvalue weighted by molar-refractivity contribution is 5.94. The van der Waals surface area contributed by atoms with E-state index in [-0.39, 0.29) is 23.7 Å². The Morgan fingerprint density at radius 2 is 1.41 bits per heavy atom. The van der Waals surface area contributed by atoms with Crippen molar-refractivity contribution in [3.8, 4) is 11.1 Å². The first-order chi connectivity index (χ1) is 16.4. The molecule has 0 fully saturated rings. The fourth-order valence-electron chi connectivity index (χ4n) is 4.12. The third-order valence-electron chi connectivity index (χ3n) is 5.68. The molecule has 0 saturated carbocycles. The molecule has 1 aliphatic rings. The Hall–Kier alpha value is -4.39. The molecule has 3 N–H and O–H groups in total. The van der Waals surface area contributed by atoms with E-state index in [0.29, 0.717) is 18.5 Å². The zero-order chi connectivity index (χ0) is 24.1. The molecular weight excluding hydrogens is 434 g/mol. The van der Waals surface area contributed by atoms with Crippen LogP contribution in [0.3, 0.4) is 0 Å². The smallest absolute Gasteiger partial charge is 0.407 e. The van der Waals surface area contributed by atoms with Crippen molar-refractivity contribution in [1.29, 1.82) is 0 Å². The average molecular weight is 457 g/mol. The number of rotatable bonds is 8. The summed E-state index contributed by atoms with van der Waals surface area (Å²) in [5.74, 6) is -2.41. The summed E-state index contributed by atoms with van der Waals surface area (Å²) < 4.78 is 5.48. The molecule has 1 amide bonds. The summed E-state index contributed by atoms with van der Waals surface area (Å²) in [6, 6.07) is 20.1. The van der Waals surface area contributed by atoms with Gasteiger partial charge in [0.2, 0.25) is 0 Å². The summed E-state index contributed by atoms with van der Waals surface area (Å²) in [5.41, 5.74) is 4.86. The van der Waals surface area contributed by atoms with Gasteiger partial charge < -0.3 is 20.3 Å². The molecule has 0 saturated heterocycles. The van der Waals surface area contributed by atoms with Gasteiger partial charge in [0, 0.05) is 12.5 Å². The molecule has 7 heteroatoms. The Labute approximate surface area is 196 Å². The molecular formula is C27H23NO6. The summed E-state index contributed by atoms with van der Waals surface area (Å²) in [5, 5.41) is 21.0. The van der Waals surface area contributed by atoms with Crippen LogP contribution in [-0.2, 0) is 4.74 Å². The van der Waals surface area contributed by atoms with E-state index >= 15 is 0 Å². The van der Waals surface area contributed by atoms with Crippen LogP contribution in [0.2, 0.25) is 0 Å². The second-order valence-electron chi connectivity index (χ2n) is 7.90. The maximum absolute atomic E-state index is 12.2. The van der Waals surface area contributed by atoms with Crippen molar-refractivity contribution in [2.75, 3.05) is 13.2 Å². The predicted molar refractivity (Wildman–Crippen MR) is 127 cm³/mol. The minimum Gasteiger partial charge on any atom is -0.478 e. The first kappa shape index (κ1) is 22.8. The van der Waals surface area contributed by atoms with Gasteiger partial charge in [-0.05, 0) is 52.4 Å². The highest BCUT2D eigenvalue weighted by Gasteiger charge is 2.28. The minimum absolute atomic E-state index is 0.0111. The molecule has 0 spiro atoms. The Morgan fingerprint density at radius 3 is 1.97 bits per heavy atom. The summed E-state index contributed by atoms with van der Waals surface area (Å²) in [6.07, 6.45) is 3.30. The van der Waals surface area contributed by atoms with Crippen molar-refractivity contribution in [2.45, 2.75) is 12.3 Å². The standard InChI is InChI=1S/C27H23NO6/c29-25(30)18-13-17(14-19(15-18)26(31)32)7-5-6-12-28-27(33)34-16-24-22-10-3-1-8-20(22)21-9-2-4-11-23(21)24/h1-5,7-11,13-15,24H,6,12,16H2,(H,28,33)(H,29,30)(H,31,32). The number of aromatic carboxylic acids is 2. The lowest BCUT2D eigenvalue weighted by Gasteiger charge is -2.14. The predicted octanol–water partition coefficient (Wildman–Crippen LogP) is 5.03. The second-order valence-corrected chi connectivity index (χ2v) is 7.90. The van der Waals surface area contributed by atoms with Crippen molar-refractivity contribution in [2.24, 2.45) is 0 Å². The minimum atomic E-state index is -1.20. The molecule has 4 rings (SSSR count). The first-order valence-electron chi connectivity index (χ1n) is 10.8. The van der Waals surface area contributed by atoms with Gasteiger partial charge in [-0.3, -0.25) is 0 Å². The summed E-state index contributed by atoms with van der Waals surface area (Å²) in [4.78, 5) is 34.6. The average Bonchev–Trinajstić information content (AvgIpc) is 3.16. The lowest BCUT2D eigenvalue weighted by molar-refractivity contribution is 0.0696. The molecule has 1 aliphatic carbocycles. The number of hydrogen-bond donors (Lipinski definition) is 3. The molecule has 34 heavy (non-hydrogen) atoms. The number of amides is 1. The third-order valence-corrected chi connectivity index (χ3v) is 5.68. The molecule has 7 nitrogen and oxygen atoms in total. The van der Waals surface area contributed by atoms with E-state index in [9.17, 15) is 14.4 Å². The van der Waals surface area contributed by atoms with Gasteiger partial charge in [0.05, 0.1) is 11.1 Å². The van der Waals surface area contributed by atoms with E-state index in [2.05, 4.69) is 29.6 Å². The van der Waals surface area contributed by atoms with E-state index < -0.39 is 18.0 Å². The molecule has 0 heterocycles. The molecule has 0 aliphatic heterocycles. The fourth-order valence-corrected chi connectivity index (χ4v) is 4.12. The van der Waals surface area contributed by atoms with Crippen LogP contribution < -0.4 is 5.32 Å². The van der Waals surface area contributed by atoms with Crippen LogP contribution in [0.25, 0.3) is 17.2 Å². The van der Waals surface area contributed by atoms with Crippen LogP contribution in [0.15, 0.2) is 72.8 Å². The fraction of sp³-hybridized carbons (Fsp3) is 0.148. The number of carbonyl (C=O) groups is 3. The monoisotopic (exact) mass is 457 g/mol. The van der Waals surface area contributed by atoms with Crippen molar-refractivity contribution in [3.63, 3.8) is 0 Å². The van der Waals surface area contributed by atoms with E-state index in [1.54, 1.807) is 12.2 Å². The number of carbonyl (C=O) groups excluding carboxylic acids is 1. The number of ether oxygens (including phenoxy) is 1. The molecule has 0 bridgehead atoms. The van der Waals surface area contributed by atoms with Gasteiger partial charge in [0.1, 0.15) is 6.61 Å². The van der Waals surface area contributed by atoms with Gasteiger partial charge in [0.15, 0.2) is 0 Å². The van der Waals surface area contributed by atoms with Crippen LogP contribution in [0.5, 0.6) is 0 Å². The third kappa shape index (κ3) is 4.99. The quantitative estimate of drug-likeness (QED) is 0.409. The van der Waals surface area contributed by atoms with Gasteiger partial charge >= 0.3 is 18.0 Å². The van der Waals surface area contributed by atoms with E-state index in [0.717, 1.165) is 28.3 Å². The summed E-state index contributed by atoms with van der Waals surface area (Å²) >= 11 is 0. The van der Waals surface area contributed by atoms with Crippen LogP contribution in [-0.4, -0.2) is 41.4 Å². The lowest BCUT2D eigenvalue weighted by atomic mass is 9.98.